The highest BCUT2D eigenvalue weighted by Crippen LogP contribution is 2.22. The van der Waals surface area contributed by atoms with Crippen LogP contribution in [0.3, 0.4) is 0 Å². The van der Waals surface area contributed by atoms with Gasteiger partial charge in [-0.2, -0.15) is 5.10 Å². The number of carbonyl (C=O) groups excluding carboxylic acids is 1. The van der Waals surface area contributed by atoms with Crippen molar-refractivity contribution in [2.75, 3.05) is 6.61 Å². The van der Waals surface area contributed by atoms with Gasteiger partial charge in [-0.15, -0.1) is 0 Å². The van der Waals surface area contributed by atoms with E-state index in [0.29, 0.717) is 6.61 Å². The lowest BCUT2D eigenvalue weighted by atomic mass is 9.92. The Balaban J connectivity index is 2.04. The molecule has 21 heavy (non-hydrogen) atoms. The van der Waals surface area contributed by atoms with Crippen LogP contribution in [0.5, 0.6) is 0 Å². The van der Waals surface area contributed by atoms with E-state index in [0.717, 1.165) is 36.4 Å². The van der Waals surface area contributed by atoms with Gasteiger partial charge in [-0.25, -0.2) is 8.78 Å². The minimum Gasteiger partial charge on any atom is -0.376 e. The summed E-state index contributed by atoms with van der Waals surface area (Å²) >= 11 is 0. The summed E-state index contributed by atoms with van der Waals surface area (Å²) < 4.78 is 32.1. The molecule has 5 nitrogen and oxygen atoms in total. The van der Waals surface area contributed by atoms with Crippen LogP contribution in [0.1, 0.15) is 55.2 Å². The number of hydrogen-bond acceptors (Lipinski definition) is 3. The summed E-state index contributed by atoms with van der Waals surface area (Å²) in [4.78, 5) is 12.2. The molecule has 0 aromatic carbocycles. The van der Waals surface area contributed by atoms with Crippen LogP contribution in [0.4, 0.5) is 8.78 Å². The molecule has 1 aromatic rings. The van der Waals surface area contributed by atoms with Crippen molar-refractivity contribution >= 4 is 5.91 Å². The zero-order chi connectivity index (χ0) is 15.4. The van der Waals surface area contributed by atoms with E-state index in [1.165, 1.54) is 7.05 Å². The van der Waals surface area contributed by atoms with Crippen LogP contribution in [0.15, 0.2) is 6.07 Å². The average Bonchev–Trinajstić information content (AvgIpc) is 2.83. The Labute approximate surface area is 122 Å². The van der Waals surface area contributed by atoms with E-state index in [9.17, 15) is 13.6 Å². The molecule has 1 N–H and O–H groups in total. The maximum atomic E-state index is 12.7. The minimum absolute atomic E-state index is 0.00835. The van der Waals surface area contributed by atoms with Gasteiger partial charge in [0.2, 0.25) is 0 Å². The van der Waals surface area contributed by atoms with Crippen LogP contribution in [-0.4, -0.2) is 34.4 Å². The lowest BCUT2D eigenvalue weighted by Gasteiger charge is -2.31. The predicted octanol–water partition coefficient (Wildman–Crippen LogP) is 2.44. The number of halogens is 2. The predicted molar refractivity (Wildman–Crippen MR) is 73.3 cm³/mol. The number of amides is 1. The smallest absolute Gasteiger partial charge is 0.280 e. The fraction of sp³-hybridized carbons (Fsp3) is 0.714. The molecule has 1 aromatic heterocycles. The highest BCUT2D eigenvalue weighted by atomic mass is 19.3. The van der Waals surface area contributed by atoms with Crippen LogP contribution in [0.25, 0.3) is 0 Å². The van der Waals surface area contributed by atoms with E-state index in [4.69, 9.17) is 4.74 Å². The van der Waals surface area contributed by atoms with E-state index in [1.807, 2.05) is 6.92 Å². The highest BCUT2D eigenvalue weighted by Gasteiger charge is 2.28. The minimum atomic E-state index is -2.64. The Hall–Kier alpha value is -1.50. The van der Waals surface area contributed by atoms with Crippen molar-refractivity contribution < 1.29 is 18.3 Å². The molecule has 1 saturated carbocycles. The van der Waals surface area contributed by atoms with Crippen molar-refractivity contribution in [2.24, 2.45) is 7.05 Å². The molecule has 1 fully saturated rings. The van der Waals surface area contributed by atoms with Crippen LogP contribution >= 0.6 is 0 Å². The maximum absolute atomic E-state index is 12.7. The van der Waals surface area contributed by atoms with Crippen molar-refractivity contribution in [1.82, 2.24) is 15.1 Å². The molecule has 1 aliphatic carbocycles. The van der Waals surface area contributed by atoms with E-state index < -0.39 is 12.3 Å². The van der Waals surface area contributed by atoms with Crippen molar-refractivity contribution in [3.63, 3.8) is 0 Å². The van der Waals surface area contributed by atoms with Crippen molar-refractivity contribution in [3.8, 4) is 0 Å². The quantitative estimate of drug-likeness (QED) is 0.909. The lowest BCUT2D eigenvalue weighted by molar-refractivity contribution is 0.0123. The number of carbonyl (C=O) groups is 1. The zero-order valence-electron chi connectivity index (χ0n) is 12.3. The van der Waals surface area contributed by atoms with Gasteiger partial charge < -0.3 is 10.1 Å². The van der Waals surface area contributed by atoms with Gasteiger partial charge in [0.15, 0.2) is 5.69 Å². The second-order valence-electron chi connectivity index (χ2n) is 5.24. The van der Waals surface area contributed by atoms with E-state index in [2.05, 4.69) is 10.4 Å². The second-order valence-corrected chi connectivity index (χ2v) is 5.24. The lowest BCUT2D eigenvalue weighted by Crippen LogP contribution is -2.46. The molecule has 0 bridgehead atoms. The summed E-state index contributed by atoms with van der Waals surface area (Å²) in [5.74, 6) is -0.422. The molecular formula is C14H21F2N3O2. The van der Waals surface area contributed by atoms with Gasteiger partial charge in [0, 0.05) is 13.7 Å². The molecule has 2 atom stereocenters. The van der Waals surface area contributed by atoms with Crippen LogP contribution in [-0.2, 0) is 11.8 Å². The number of nitrogens with zero attached hydrogens (tertiary/aromatic N) is 2. The third-order valence-electron chi connectivity index (χ3n) is 3.77. The molecule has 0 aliphatic heterocycles. The first kappa shape index (κ1) is 15.9. The molecule has 118 valence electrons. The number of nitrogens with one attached hydrogen (secondary N) is 1. The van der Waals surface area contributed by atoms with Gasteiger partial charge >= 0.3 is 0 Å². The van der Waals surface area contributed by atoms with E-state index in [1.54, 1.807) is 0 Å². The fourth-order valence-electron chi connectivity index (χ4n) is 2.71. The highest BCUT2D eigenvalue weighted by molar-refractivity contribution is 5.92. The third kappa shape index (κ3) is 3.78. The Morgan fingerprint density at radius 2 is 2.24 bits per heavy atom. The fourth-order valence-corrected chi connectivity index (χ4v) is 2.71. The Morgan fingerprint density at radius 3 is 2.86 bits per heavy atom. The average molecular weight is 301 g/mol. The maximum Gasteiger partial charge on any atom is 0.280 e. The van der Waals surface area contributed by atoms with Gasteiger partial charge in [0.05, 0.1) is 12.1 Å². The summed E-state index contributed by atoms with van der Waals surface area (Å²) in [6.07, 6.45) is 1.20. The molecule has 7 heteroatoms. The van der Waals surface area contributed by atoms with Crippen LogP contribution in [0.2, 0.25) is 0 Å². The standard InChI is InChI=1S/C14H21F2N3O2/c1-3-21-12-7-5-4-6-9(12)17-14(20)10-8-11(13(15)16)19(2)18-10/h8-9,12-13H,3-7H2,1-2H3,(H,17,20)/t9-,12-/m1/s1. The van der Waals surface area contributed by atoms with Crippen LogP contribution < -0.4 is 5.32 Å². The third-order valence-corrected chi connectivity index (χ3v) is 3.77. The monoisotopic (exact) mass is 301 g/mol. The van der Waals surface area contributed by atoms with Gasteiger partial charge in [0.25, 0.3) is 12.3 Å². The summed E-state index contributed by atoms with van der Waals surface area (Å²) in [5, 5.41) is 6.72. The first-order chi connectivity index (χ1) is 10.0. The molecule has 1 amide bonds. The summed E-state index contributed by atoms with van der Waals surface area (Å²) in [7, 11) is 1.40. The molecule has 1 aliphatic rings. The Morgan fingerprint density at radius 1 is 1.52 bits per heavy atom. The summed E-state index contributed by atoms with van der Waals surface area (Å²) in [6, 6.07) is 1.06. The Kier molecular flexibility index (Phi) is 5.27. The normalized spacial score (nSPS) is 22.5. The number of alkyl halides is 2. The number of aromatic nitrogens is 2. The van der Waals surface area contributed by atoms with E-state index in [-0.39, 0.29) is 23.5 Å². The molecule has 0 radical (unpaired) electrons. The second kappa shape index (κ2) is 6.98. The number of ether oxygens (including phenoxy) is 1. The van der Waals surface area contributed by atoms with Crippen molar-refractivity contribution in [3.05, 3.63) is 17.5 Å². The number of aryl methyl sites for hydroxylation is 1. The van der Waals surface area contributed by atoms with Crippen LogP contribution in [0, 0.1) is 0 Å². The molecule has 0 unspecified atom stereocenters. The van der Waals surface area contributed by atoms with Gasteiger partial charge in [-0.05, 0) is 25.8 Å². The van der Waals surface area contributed by atoms with Gasteiger partial charge in [-0.1, -0.05) is 12.8 Å². The zero-order valence-corrected chi connectivity index (χ0v) is 12.3. The number of hydrogen-bond donors (Lipinski definition) is 1. The first-order valence-corrected chi connectivity index (χ1v) is 7.27. The topological polar surface area (TPSA) is 56.1 Å². The van der Waals surface area contributed by atoms with Gasteiger partial charge in [0.1, 0.15) is 5.69 Å². The molecule has 2 rings (SSSR count). The summed E-state index contributed by atoms with van der Waals surface area (Å²) in [5.41, 5.74) is -0.237. The largest absolute Gasteiger partial charge is 0.376 e. The molecule has 1 heterocycles. The number of rotatable bonds is 5. The molecular weight excluding hydrogens is 280 g/mol. The van der Waals surface area contributed by atoms with Crippen molar-refractivity contribution in [2.45, 2.75) is 51.2 Å². The Bertz CT molecular complexity index is 489. The molecule has 0 saturated heterocycles. The van der Waals surface area contributed by atoms with Gasteiger partial charge in [-0.3, -0.25) is 9.48 Å². The summed E-state index contributed by atoms with van der Waals surface area (Å²) in [6.45, 7) is 2.51. The van der Waals surface area contributed by atoms with E-state index >= 15 is 0 Å². The van der Waals surface area contributed by atoms with Crippen molar-refractivity contribution in [1.29, 1.82) is 0 Å². The SMILES string of the molecule is CCO[C@@H]1CCCC[C@H]1NC(=O)c1cc(C(F)F)n(C)n1. The first-order valence-electron chi connectivity index (χ1n) is 7.27. The molecule has 0 spiro atoms.